The van der Waals surface area contributed by atoms with Gasteiger partial charge in [0.2, 0.25) is 0 Å². The summed E-state index contributed by atoms with van der Waals surface area (Å²) in [5, 5.41) is 2.91. The first kappa shape index (κ1) is 23.1. The zero-order valence-electron chi connectivity index (χ0n) is 18.8. The molecule has 2 amide bonds. The number of hydrogen-bond acceptors (Lipinski definition) is 5. The van der Waals surface area contributed by atoms with Gasteiger partial charge in [-0.1, -0.05) is 19.3 Å². The van der Waals surface area contributed by atoms with Crippen LogP contribution >= 0.6 is 0 Å². The number of nitrogens with one attached hydrogen (secondary N) is 1. The summed E-state index contributed by atoms with van der Waals surface area (Å²) in [6.45, 7) is 4.13. The van der Waals surface area contributed by atoms with E-state index >= 15 is 0 Å². The van der Waals surface area contributed by atoms with E-state index in [-0.39, 0.29) is 36.5 Å². The van der Waals surface area contributed by atoms with Gasteiger partial charge >= 0.3 is 5.97 Å². The van der Waals surface area contributed by atoms with E-state index in [9.17, 15) is 14.4 Å². The Morgan fingerprint density at radius 1 is 1.00 bits per heavy atom. The van der Waals surface area contributed by atoms with E-state index < -0.39 is 5.54 Å². The van der Waals surface area contributed by atoms with Crippen molar-refractivity contribution in [3.63, 3.8) is 0 Å². The van der Waals surface area contributed by atoms with E-state index in [1.807, 2.05) is 4.90 Å². The number of hydrogen-bond donors (Lipinski definition) is 1. The van der Waals surface area contributed by atoms with Gasteiger partial charge in [-0.25, -0.2) is 4.79 Å². The molecule has 1 saturated carbocycles. The molecule has 2 aliphatic rings. The van der Waals surface area contributed by atoms with Crippen LogP contribution < -0.4 is 10.1 Å². The van der Waals surface area contributed by atoms with E-state index in [4.69, 9.17) is 9.47 Å². The molecule has 2 atom stereocenters. The van der Waals surface area contributed by atoms with Crippen LogP contribution in [0.2, 0.25) is 0 Å². The highest BCUT2D eigenvalue weighted by Gasteiger charge is 2.42. The number of esters is 1. The summed E-state index contributed by atoms with van der Waals surface area (Å²) in [4.78, 5) is 39.6. The van der Waals surface area contributed by atoms with Crippen LogP contribution in [0.15, 0.2) is 24.3 Å². The molecular formula is C24H34N2O5. The second kappa shape index (κ2) is 10.2. The fourth-order valence-corrected chi connectivity index (χ4v) is 4.86. The molecule has 1 heterocycles. The lowest BCUT2D eigenvalue weighted by Crippen LogP contribution is -2.56. The van der Waals surface area contributed by atoms with E-state index in [0.717, 1.165) is 38.5 Å². The molecule has 0 radical (unpaired) electrons. The molecule has 0 bridgehead atoms. The van der Waals surface area contributed by atoms with Crippen molar-refractivity contribution in [2.24, 2.45) is 0 Å². The number of piperidine rings is 1. The Bertz CT molecular complexity index is 776. The van der Waals surface area contributed by atoms with Crippen molar-refractivity contribution in [3.8, 4) is 5.75 Å². The van der Waals surface area contributed by atoms with Crippen LogP contribution in [0.5, 0.6) is 5.75 Å². The van der Waals surface area contributed by atoms with Crippen LogP contribution in [0.25, 0.3) is 0 Å². The molecule has 170 valence electrons. The van der Waals surface area contributed by atoms with E-state index in [2.05, 4.69) is 19.2 Å². The normalized spacial score (nSPS) is 23.0. The van der Waals surface area contributed by atoms with Crippen LogP contribution in [-0.4, -0.2) is 54.0 Å². The Balaban J connectivity index is 1.58. The Hall–Kier alpha value is -2.57. The van der Waals surface area contributed by atoms with Gasteiger partial charge in [-0.05, 0) is 70.2 Å². The molecule has 1 aliphatic heterocycles. The minimum absolute atomic E-state index is 0.0150. The molecule has 7 heteroatoms. The highest BCUT2D eigenvalue weighted by atomic mass is 16.5. The topological polar surface area (TPSA) is 84.9 Å². The molecule has 2 unspecified atom stereocenters. The molecule has 3 rings (SSSR count). The summed E-state index contributed by atoms with van der Waals surface area (Å²) < 4.78 is 10.6. The number of benzene rings is 1. The number of methoxy groups -OCH3 is 1. The highest BCUT2D eigenvalue weighted by molar-refractivity contribution is 5.98. The Labute approximate surface area is 184 Å². The maximum atomic E-state index is 12.8. The molecule has 1 aromatic rings. The number of carbonyl (C=O) groups excluding carboxylic acids is 3. The van der Waals surface area contributed by atoms with Crippen molar-refractivity contribution in [2.75, 3.05) is 13.7 Å². The number of rotatable bonds is 6. The molecule has 31 heavy (non-hydrogen) atoms. The van der Waals surface area contributed by atoms with Crippen LogP contribution in [0.4, 0.5) is 0 Å². The SMILES string of the molecule is COC(=O)C1(NC(=O)c2ccc(OCC(=O)N3C(C)CCCC3C)cc2)CCCCC1. The summed E-state index contributed by atoms with van der Waals surface area (Å²) in [5.74, 6) is -0.188. The van der Waals surface area contributed by atoms with E-state index in [1.54, 1.807) is 24.3 Å². The van der Waals surface area contributed by atoms with Gasteiger partial charge in [0.15, 0.2) is 6.61 Å². The summed E-state index contributed by atoms with van der Waals surface area (Å²) in [6, 6.07) is 7.11. The molecule has 0 spiro atoms. The zero-order chi connectivity index (χ0) is 22.4. The lowest BCUT2D eigenvalue weighted by Gasteiger charge is -2.38. The monoisotopic (exact) mass is 430 g/mol. The number of amides is 2. The second-order valence-corrected chi connectivity index (χ2v) is 8.83. The van der Waals surface area contributed by atoms with Gasteiger partial charge in [-0.3, -0.25) is 9.59 Å². The zero-order valence-corrected chi connectivity index (χ0v) is 18.8. The average Bonchev–Trinajstić information content (AvgIpc) is 2.78. The number of nitrogens with zero attached hydrogens (tertiary/aromatic N) is 1. The maximum Gasteiger partial charge on any atom is 0.331 e. The Morgan fingerprint density at radius 3 is 2.19 bits per heavy atom. The highest BCUT2D eigenvalue weighted by Crippen LogP contribution is 2.30. The molecular weight excluding hydrogens is 396 g/mol. The summed E-state index contributed by atoms with van der Waals surface area (Å²) in [5.41, 5.74) is -0.515. The first-order valence-corrected chi connectivity index (χ1v) is 11.3. The van der Waals surface area contributed by atoms with E-state index in [0.29, 0.717) is 24.2 Å². The van der Waals surface area contributed by atoms with Gasteiger partial charge in [-0.2, -0.15) is 0 Å². The van der Waals surface area contributed by atoms with Gasteiger partial charge < -0.3 is 19.7 Å². The average molecular weight is 431 g/mol. The fraction of sp³-hybridized carbons (Fsp3) is 0.625. The maximum absolute atomic E-state index is 12.8. The minimum atomic E-state index is -0.951. The van der Waals surface area contributed by atoms with Crippen LogP contribution in [0, 0.1) is 0 Å². The quantitative estimate of drug-likeness (QED) is 0.699. The Kier molecular flexibility index (Phi) is 7.57. The van der Waals surface area contributed by atoms with Crippen molar-refractivity contribution in [1.82, 2.24) is 10.2 Å². The van der Waals surface area contributed by atoms with Crippen molar-refractivity contribution in [3.05, 3.63) is 29.8 Å². The summed E-state index contributed by atoms with van der Waals surface area (Å²) in [7, 11) is 1.35. The largest absolute Gasteiger partial charge is 0.484 e. The standard InChI is InChI=1S/C24H34N2O5/c1-17-8-7-9-18(2)26(17)21(27)16-31-20-12-10-19(11-13-20)22(28)25-24(23(29)30-3)14-5-4-6-15-24/h10-13,17-18H,4-9,14-16H2,1-3H3,(H,25,28). The molecule has 1 aromatic carbocycles. The fourth-order valence-electron chi connectivity index (χ4n) is 4.86. The van der Waals surface area contributed by atoms with Gasteiger partial charge in [-0.15, -0.1) is 0 Å². The van der Waals surface area contributed by atoms with Crippen molar-refractivity contribution >= 4 is 17.8 Å². The molecule has 1 saturated heterocycles. The summed E-state index contributed by atoms with van der Waals surface area (Å²) >= 11 is 0. The predicted molar refractivity (Wildman–Crippen MR) is 117 cm³/mol. The first-order valence-electron chi connectivity index (χ1n) is 11.3. The second-order valence-electron chi connectivity index (χ2n) is 8.83. The molecule has 2 fully saturated rings. The smallest absolute Gasteiger partial charge is 0.331 e. The van der Waals surface area contributed by atoms with Gasteiger partial charge in [0.25, 0.3) is 11.8 Å². The molecule has 1 N–H and O–H groups in total. The third-order valence-electron chi connectivity index (χ3n) is 6.60. The third kappa shape index (κ3) is 5.38. The van der Waals surface area contributed by atoms with Crippen molar-refractivity contribution in [2.45, 2.75) is 82.8 Å². The number of carbonyl (C=O) groups is 3. The summed E-state index contributed by atoms with van der Waals surface area (Å²) in [6.07, 6.45) is 7.17. The van der Waals surface area contributed by atoms with E-state index in [1.165, 1.54) is 7.11 Å². The molecule has 7 nitrogen and oxygen atoms in total. The van der Waals surface area contributed by atoms with Crippen LogP contribution in [0.1, 0.15) is 75.6 Å². The lowest BCUT2D eigenvalue weighted by atomic mass is 9.81. The number of likely N-dealkylation sites (tertiary alicyclic amines) is 1. The first-order chi connectivity index (χ1) is 14.9. The van der Waals surface area contributed by atoms with Gasteiger partial charge in [0, 0.05) is 17.6 Å². The molecule has 1 aliphatic carbocycles. The molecule has 0 aromatic heterocycles. The Morgan fingerprint density at radius 2 is 1.61 bits per heavy atom. The van der Waals surface area contributed by atoms with Crippen LogP contribution in [0.3, 0.4) is 0 Å². The predicted octanol–water partition coefficient (Wildman–Crippen LogP) is 3.46. The van der Waals surface area contributed by atoms with Gasteiger partial charge in [0.1, 0.15) is 11.3 Å². The van der Waals surface area contributed by atoms with Gasteiger partial charge in [0.05, 0.1) is 7.11 Å². The van der Waals surface area contributed by atoms with Crippen LogP contribution in [-0.2, 0) is 14.3 Å². The lowest BCUT2D eigenvalue weighted by molar-refractivity contribution is -0.149. The third-order valence-corrected chi connectivity index (χ3v) is 6.60. The minimum Gasteiger partial charge on any atom is -0.484 e. The van der Waals surface area contributed by atoms with Crippen molar-refractivity contribution < 1.29 is 23.9 Å². The number of ether oxygens (including phenoxy) is 2. The van der Waals surface area contributed by atoms with Crippen molar-refractivity contribution in [1.29, 1.82) is 0 Å².